The fourth-order valence-corrected chi connectivity index (χ4v) is 3.66. The normalized spacial score (nSPS) is 21.6. The highest BCUT2D eigenvalue weighted by atomic mass is 35.5. The molecule has 2 fully saturated rings. The molecule has 0 spiro atoms. The number of piperazine rings is 1. The molecule has 140 valence electrons. The molecule has 1 saturated heterocycles. The molecule has 7 heteroatoms. The molecule has 1 saturated carbocycles. The number of benzene rings is 1. The molecule has 0 unspecified atom stereocenters. The Morgan fingerprint density at radius 1 is 1.27 bits per heavy atom. The third-order valence-electron chi connectivity index (χ3n) is 5.36. The van der Waals surface area contributed by atoms with Crippen LogP contribution in [0.2, 0.25) is 5.02 Å². The smallest absolute Gasteiger partial charge is 0.246 e. The Morgan fingerprint density at radius 2 is 1.92 bits per heavy atom. The number of rotatable bonds is 6. The number of halogens is 1. The van der Waals surface area contributed by atoms with Crippen LogP contribution in [-0.2, 0) is 14.4 Å². The highest BCUT2D eigenvalue weighted by molar-refractivity contribution is 6.30. The van der Waals surface area contributed by atoms with E-state index in [0.717, 1.165) is 24.9 Å². The maximum absolute atomic E-state index is 13.0. The number of hydrogen-bond acceptors (Lipinski definition) is 3. The molecule has 1 heterocycles. The van der Waals surface area contributed by atoms with Gasteiger partial charge in [0.15, 0.2) is 0 Å². The summed E-state index contributed by atoms with van der Waals surface area (Å²) in [6, 6.07) is 6.98. The lowest BCUT2D eigenvalue weighted by Gasteiger charge is -2.42. The van der Waals surface area contributed by atoms with E-state index in [1.807, 2.05) is 0 Å². The molecule has 6 nitrogen and oxygen atoms in total. The summed E-state index contributed by atoms with van der Waals surface area (Å²) in [5.41, 5.74) is 5.14. The Morgan fingerprint density at radius 3 is 2.46 bits per heavy atom. The zero-order chi connectivity index (χ0) is 18.9. The fraction of sp³-hybridized carbons (Fsp3) is 0.526. The van der Waals surface area contributed by atoms with Gasteiger partial charge in [0, 0.05) is 17.3 Å². The minimum Gasteiger partial charge on any atom is -0.369 e. The number of carbonyl (C=O) groups excluding carboxylic acids is 3. The Hall–Kier alpha value is -2.08. The van der Waals surface area contributed by atoms with Crippen molar-refractivity contribution in [3.05, 3.63) is 29.3 Å². The Balaban J connectivity index is 1.83. The molecule has 26 heavy (non-hydrogen) atoms. The second-order valence-electron chi connectivity index (χ2n) is 7.16. The number of hydrogen-bond donors (Lipinski definition) is 1. The third-order valence-corrected chi connectivity index (χ3v) is 5.61. The molecule has 2 N–H and O–H groups in total. The second-order valence-corrected chi connectivity index (χ2v) is 7.59. The van der Waals surface area contributed by atoms with Crippen LogP contribution < -0.4 is 10.6 Å². The molecule has 3 amide bonds. The first kappa shape index (κ1) is 18.7. The van der Waals surface area contributed by atoms with E-state index in [0.29, 0.717) is 24.4 Å². The van der Waals surface area contributed by atoms with Gasteiger partial charge in [-0.15, -0.1) is 0 Å². The zero-order valence-corrected chi connectivity index (χ0v) is 15.7. The van der Waals surface area contributed by atoms with Crippen LogP contribution in [0.3, 0.4) is 0 Å². The molecule has 0 radical (unpaired) electrons. The summed E-state index contributed by atoms with van der Waals surface area (Å²) in [7, 11) is 0. The van der Waals surface area contributed by atoms with E-state index in [9.17, 15) is 14.4 Å². The molecule has 1 aliphatic heterocycles. The van der Waals surface area contributed by atoms with Gasteiger partial charge in [0.1, 0.15) is 12.0 Å². The molecule has 1 atom stereocenters. The van der Waals surface area contributed by atoms with Crippen LogP contribution in [0.25, 0.3) is 0 Å². The van der Waals surface area contributed by atoms with Crippen LogP contribution in [0, 0.1) is 5.41 Å². The number of unbranched alkanes of at least 4 members (excludes halogenated alkanes) is 1. The first-order chi connectivity index (χ1) is 12.4. The number of amides is 3. The van der Waals surface area contributed by atoms with E-state index in [2.05, 4.69) is 6.92 Å². The quantitative estimate of drug-likeness (QED) is 0.772. The van der Waals surface area contributed by atoms with Gasteiger partial charge in [-0.25, -0.2) is 0 Å². The van der Waals surface area contributed by atoms with Gasteiger partial charge in [0.05, 0.1) is 6.04 Å². The Kier molecular flexibility index (Phi) is 5.23. The number of carbonyl (C=O) groups is 3. The lowest BCUT2D eigenvalue weighted by Crippen LogP contribution is -2.60. The largest absolute Gasteiger partial charge is 0.369 e. The molecule has 0 aromatic heterocycles. The van der Waals surface area contributed by atoms with Crippen molar-refractivity contribution in [2.45, 2.75) is 45.1 Å². The average Bonchev–Trinajstić information content (AvgIpc) is 3.43. The van der Waals surface area contributed by atoms with Gasteiger partial charge in [-0.3, -0.25) is 14.4 Å². The highest BCUT2D eigenvalue weighted by Crippen LogP contribution is 2.47. The van der Waals surface area contributed by atoms with Crippen molar-refractivity contribution in [2.75, 3.05) is 18.0 Å². The standard InChI is InChI=1S/C19H24ClN3O3/c1-2-3-4-15-11-22(14-7-5-13(20)6-8-14)16(24)12-23(15)18(26)19(9-10-19)17(21)25/h5-8,15H,2-4,9-12H2,1H3,(H2,21,25)/t15-/m1/s1. The van der Waals surface area contributed by atoms with Crippen LogP contribution in [0.4, 0.5) is 5.69 Å². The first-order valence-electron chi connectivity index (χ1n) is 9.06. The van der Waals surface area contributed by atoms with Crippen molar-refractivity contribution in [1.29, 1.82) is 0 Å². The van der Waals surface area contributed by atoms with Crippen LogP contribution in [0.15, 0.2) is 24.3 Å². The van der Waals surface area contributed by atoms with Crippen molar-refractivity contribution in [3.63, 3.8) is 0 Å². The lowest BCUT2D eigenvalue weighted by atomic mass is 9.98. The second kappa shape index (κ2) is 7.27. The molecular weight excluding hydrogens is 354 g/mol. The van der Waals surface area contributed by atoms with Gasteiger partial charge in [-0.05, 0) is 43.5 Å². The summed E-state index contributed by atoms with van der Waals surface area (Å²) in [5.74, 6) is -1.02. The van der Waals surface area contributed by atoms with Crippen molar-refractivity contribution >= 4 is 35.0 Å². The van der Waals surface area contributed by atoms with Gasteiger partial charge in [-0.1, -0.05) is 31.4 Å². The summed E-state index contributed by atoms with van der Waals surface area (Å²) in [6.07, 6.45) is 3.68. The molecule has 1 aromatic rings. The van der Waals surface area contributed by atoms with E-state index in [1.54, 1.807) is 34.1 Å². The summed E-state index contributed by atoms with van der Waals surface area (Å²) in [5, 5.41) is 0.606. The third kappa shape index (κ3) is 3.43. The van der Waals surface area contributed by atoms with Crippen LogP contribution in [0.5, 0.6) is 0 Å². The number of nitrogens with two attached hydrogens (primary N) is 1. The summed E-state index contributed by atoms with van der Waals surface area (Å²) < 4.78 is 0. The monoisotopic (exact) mass is 377 g/mol. The van der Waals surface area contributed by atoms with Crippen molar-refractivity contribution < 1.29 is 14.4 Å². The fourth-order valence-electron chi connectivity index (χ4n) is 3.53. The minimum atomic E-state index is -1.09. The maximum atomic E-state index is 13.0. The Labute approximate surface area is 158 Å². The Bertz CT molecular complexity index is 715. The summed E-state index contributed by atoms with van der Waals surface area (Å²) in [6.45, 7) is 2.48. The predicted molar refractivity (Wildman–Crippen MR) is 99.7 cm³/mol. The van der Waals surface area contributed by atoms with Gasteiger partial charge >= 0.3 is 0 Å². The minimum absolute atomic E-state index is 0.0229. The SMILES string of the molecule is CCCC[C@@H]1CN(c2ccc(Cl)cc2)C(=O)CN1C(=O)C1(C(N)=O)CC1. The van der Waals surface area contributed by atoms with Gasteiger partial charge < -0.3 is 15.5 Å². The number of primary amides is 1. The molecule has 3 rings (SSSR count). The highest BCUT2D eigenvalue weighted by Gasteiger charge is 2.58. The maximum Gasteiger partial charge on any atom is 0.246 e. The van der Waals surface area contributed by atoms with Crippen LogP contribution in [0.1, 0.15) is 39.0 Å². The van der Waals surface area contributed by atoms with E-state index in [-0.39, 0.29) is 24.4 Å². The van der Waals surface area contributed by atoms with E-state index in [1.165, 1.54) is 0 Å². The summed E-state index contributed by atoms with van der Waals surface area (Å²) >= 11 is 5.94. The lowest BCUT2D eigenvalue weighted by molar-refractivity contribution is -0.148. The average molecular weight is 378 g/mol. The van der Waals surface area contributed by atoms with Crippen molar-refractivity contribution in [2.24, 2.45) is 11.1 Å². The van der Waals surface area contributed by atoms with Crippen molar-refractivity contribution in [3.8, 4) is 0 Å². The van der Waals surface area contributed by atoms with Gasteiger partial charge in [0.25, 0.3) is 0 Å². The van der Waals surface area contributed by atoms with Gasteiger partial charge in [0.2, 0.25) is 17.7 Å². The zero-order valence-electron chi connectivity index (χ0n) is 14.9. The van der Waals surface area contributed by atoms with Crippen LogP contribution in [-0.4, -0.2) is 41.8 Å². The van der Waals surface area contributed by atoms with Gasteiger partial charge in [-0.2, -0.15) is 0 Å². The predicted octanol–water partition coefficient (Wildman–Crippen LogP) is 2.34. The summed E-state index contributed by atoms with van der Waals surface area (Å²) in [4.78, 5) is 40.7. The first-order valence-corrected chi connectivity index (χ1v) is 9.44. The topological polar surface area (TPSA) is 83.7 Å². The van der Waals surface area contributed by atoms with E-state index >= 15 is 0 Å². The van der Waals surface area contributed by atoms with E-state index in [4.69, 9.17) is 17.3 Å². The molecular formula is C19H24ClN3O3. The molecule has 2 aliphatic rings. The molecule has 0 bridgehead atoms. The number of nitrogens with zero attached hydrogens (tertiary/aromatic N) is 2. The molecule has 1 aliphatic carbocycles. The van der Waals surface area contributed by atoms with E-state index < -0.39 is 11.3 Å². The molecule has 1 aromatic carbocycles. The van der Waals surface area contributed by atoms with Crippen LogP contribution >= 0.6 is 11.6 Å². The van der Waals surface area contributed by atoms with Crippen molar-refractivity contribution in [1.82, 2.24) is 4.90 Å². The number of anilines is 1.